The highest BCUT2D eigenvalue weighted by molar-refractivity contribution is 5.86. The van der Waals surface area contributed by atoms with E-state index in [1.807, 2.05) is 12.1 Å². The Morgan fingerprint density at radius 3 is 3.11 bits per heavy atom. The molecule has 3 rings (SSSR count). The Bertz CT molecular complexity index is 559. The molecule has 0 amide bonds. The summed E-state index contributed by atoms with van der Waals surface area (Å²) in [6, 6.07) is 4.01. The van der Waals surface area contributed by atoms with E-state index >= 15 is 0 Å². The fraction of sp³-hybridized carbons (Fsp3) is 0.500. The van der Waals surface area contributed by atoms with E-state index < -0.39 is 0 Å². The van der Waals surface area contributed by atoms with Crippen LogP contribution in [0, 0.1) is 0 Å². The number of nitrogen functional groups attached to an aromatic ring is 1. The Balaban J connectivity index is 2.06. The standard InChI is InChI=1S/C12H17N5O/c13-11-9-1-2-10(8-3-4-14-7-8)15-12(9)17(16-11)5-6-18/h1-2,8,14,18H,3-7H2,(H2,13,16)/t8-/m1/s1. The van der Waals surface area contributed by atoms with Crippen LogP contribution in [-0.4, -0.2) is 39.6 Å². The lowest BCUT2D eigenvalue weighted by Gasteiger charge is -2.08. The van der Waals surface area contributed by atoms with Crippen molar-refractivity contribution in [1.82, 2.24) is 20.1 Å². The van der Waals surface area contributed by atoms with Gasteiger partial charge in [0.05, 0.1) is 18.5 Å². The highest BCUT2D eigenvalue weighted by atomic mass is 16.3. The molecule has 1 saturated heterocycles. The number of nitrogens with one attached hydrogen (secondary N) is 1. The molecular formula is C12H17N5O. The maximum atomic E-state index is 9.03. The van der Waals surface area contributed by atoms with Crippen molar-refractivity contribution in [3.63, 3.8) is 0 Å². The monoisotopic (exact) mass is 247 g/mol. The third kappa shape index (κ3) is 1.83. The Hall–Kier alpha value is -1.66. The van der Waals surface area contributed by atoms with Crippen molar-refractivity contribution < 1.29 is 5.11 Å². The second kappa shape index (κ2) is 4.55. The number of aliphatic hydroxyl groups is 1. The van der Waals surface area contributed by atoms with Gasteiger partial charge in [0.1, 0.15) is 0 Å². The van der Waals surface area contributed by atoms with Crippen LogP contribution in [-0.2, 0) is 6.54 Å². The van der Waals surface area contributed by atoms with Gasteiger partial charge >= 0.3 is 0 Å². The van der Waals surface area contributed by atoms with E-state index in [9.17, 15) is 0 Å². The third-order valence-corrected chi connectivity index (χ3v) is 3.44. The van der Waals surface area contributed by atoms with E-state index in [4.69, 9.17) is 10.8 Å². The first-order valence-corrected chi connectivity index (χ1v) is 6.24. The predicted octanol–water partition coefficient (Wildman–Crippen LogP) is 0.0827. The lowest BCUT2D eigenvalue weighted by Crippen LogP contribution is -2.10. The molecule has 0 aliphatic carbocycles. The average molecular weight is 247 g/mol. The number of fused-ring (bicyclic) bond motifs is 1. The van der Waals surface area contributed by atoms with Crippen LogP contribution in [0.25, 0.3) is 11.0 Å². The van der Waals surface area contributed by atoms with Gasteiger partial charge in [-0.2, -0.15) is 5.10 Å². The fourth-order valence-electron chi connectivity index (χ4n) is 2.48. The first kappa shape index (κ1) is 11.4. The molecule has 1 aliphatic heterocycles. The highest BCUT2D eigenvalue weighted by Crippen LogP contribution is 2.25. The smallest absolute Gasteiger partial charge is 0.160 e. The minimum Gasteiger partial charge on any atom is -0.394 e. The summed E-state index contributed by atoms with van der Waals surface area (Å²) < 4.78 is 1.68. The van der Waals surface area contributed by atoms with Gasteiger partial charge in [0.25, 0.3) is 0 Å². The quantitative estimate of drug-likeness (QED) is 0.715. The van der Waals surface area contributed by atoms with Crippen LogP contribution in [0.1, 0.15) is 18.0 Å². The van der Waals surface area contributed by atoms with Crippen molar-refractivity contribution >= 4 is 16.9 Å². The molecule has 4 N–H and O–H groups in total. The van der Waals surface area contributed by atoms with Crippen LogP contribution >= 0.6 is 0 Å². The largest absolute Gasteiger partial charge is 0.394 e. The minimum absolute atomic E-state index is 0.0348. The van der Waals surface area contributed by atoms with Crippen molar-refractivity contribution in [3.05, 3.63) is 17.8 Å². The van der Waals surface area contributed by atoms with Crippen LogP contribution in [0.2, 0.25) is 0 Å². The second-order valence-electron chi connectivity index (χ2n) is 4.63. The SMILES string of the molecule is Nc1nn(CCO)c2nc([C@@H]3CCNC3)ccc12. The van der Waals surface area contributed by atoms with Gasteiger partial charge in [-0.3, -0.25) is 0 Å². The maximum Gasteiger partial charge on any atom is 0.160 e. The van der Waals surface area contributed by atoms with Crippen LogP contribution in [0.5, 0.6) is 0 Å². The molecule has 1 fully saturated rings. The van der Waals surface area contributed by atoms with Crippen LogP contribution in [0.15, 0.2) is 12.1 Å². The lowest BCUT2D eigenvalue weighted by molar-refractivity contribution is 0.271. The van der Waals surface area contributed by atoms with Gasteiger partial charge in [-0.15, -0.1) is 0 Å². The van der Waals surface area contributed by atoms with Crippen LogP contribution in [0.4, 0.5) is 5.82 Å². The summed E-state index contributed by atoms with van der Waals surface area (Å²) in [5.74, 6) is 0.940. The summed E-state index contributed by atoms with van der Waals surface area (Å²) in [7, 11) is 0. The molecule has 0 saturated carbocycles. The van der Waals surface area contributed by atoms with E-state index in [-0.39, 0.29) is 6.61 Å². The molecule has 3 heterocycles. The van der Waals surface area contributed by atoms with Crippen molar-refractivity contribution in [1.29, 1.82) is 0 Å². The number of aliphatic hydroxyl groups excluding tert-OH is 1. The van der Waals surface area contributed by atoms with E-state index in [0.29, 0.717) is 18.3 Å². The molecular weight excluding hydrogens is 230 g/mol. The summed E-state index contributed by atoms with van der Waals surface area (Å²) in [6.45, 7) is 2.48. The summed E-state index contributed by atoms with van der Waals surface area (Å²) >= 11 is 0. The highest BCUT2D eigenvalue weighted by Gasteiger charge is 2.19. The maximum absolute atomic E-state index is 9.03. The van der Waals surface area contributed by atoms with Gasteiger partial charge in [-0.05, 0) is 25.1 Å². The van der Waals surface area contributed by atoms with E-state index in [2.05, 4.69) is 15.4 Å². The Morgan fingerprint density at radius 2 is 2.39 bits per heavy atom. The zero-order valence-electron chi connectivity index (χ0n) is 10.1. The Morgan fingerprint density at radius 1 is 1.50 bits per heavy atom. The Kier molecular flexibility index (Phi) is 2.89. The molecule has 1 aliphatic rings. The van der Waals surface area contributed by atoms with E-state index in [1.165, 1.54) is 0 Å². The molecule has 0 bridgehead atoms. The number of anilines is 1. The van der Waals surface area contributed by atoms with Crippen molar-refractivity contribution in [2.45, 2.75) is 18.9 Å². The molecule has 6 heteroatoms. The topological polar surface area (TPSA) is 89.0 Å². The number of aromatic nitrogens is 3. The average Bonchev–Trinajstić information content (AvgIpc) is 2.99. The fourth-order valence-corrected chi connectivity index (χ4v) is 2.48. The summed E-state index contributed by atoms with van der Waals surface area (Å²) in [4.78, 5) is 4.67. The minimum atomic E-state index is 0.0348. The summed E-state index contributed by atoms with van der Waals surface area (Å²) in [6.07, 6.45) is 1.11. The van der Waals surface area contributed by atoms with Gasteiger partial charge in [-0.1, -0.05) is 0 Å². The zero-order chi connectivity index (χ0) is 12.5. The molecule has 0 spiro atoms. The molecule has 18 heavy (non-hydrogen) atoms. The number of hydrogen-bond acceptors (Lipinski definition) is 5. The van der Waals surface area contributed by atoms with Gasteiger partial charge in [-0.25, -0.2) is 9.67 Å². The van der Waals surface area contributed by atoms with Crippen molar-refractivity contribution in [2.24, 2.45) is 0 Å². The van der Waals surface area contributed by atoms with Gasteiger partial charge in [0.15, 0.2) is 11.5 Å². The number of rotatable bonds is 3. The molecule has 96 valence electrons. The first-order chi connectivity index (χ1) is 8.79. The zero-order valence-corrected chi connectivity index (χ0v) is 10.1. The number of nitrogens with zero attached hydrogens (tertiary/aromatic N) is 3. The van der Waals surface area contributed by atoms with Crippen molar-refractivity contribution in [3.8, 4) is 0 Å². The first-order valence-electron chi connectivity index (χ1n) is 6.24. The van der Waals surface area contributed by atoms with Gasteiger partial charge in [0.2, 0.25) is 0 Å². The molecule has 1 atom stereocenters. The molecule has 2 aromatic heterocycles. The van der Waals surface area contributed by atoms with Gasteiger partial charge < -0.3 is 16.2 Å². The number of hydrogen-bond donors (Lipinski definition) is 3. The van der Waals surface area contributed by atoms with Crippen LogP contribution in [0.3, 0.4) is 0 Å². The van der Waals surface area contributed by atoms with E-state index in [0.717, 1.165) is 36.2 Å². The van der Waals surface area contributed by atoms with Gasteiger partial charge in [0, 0.05) is 18.2 Å². The van der Waals surface area contributed by atoms with Crippen molar-refractivity contribution in [2.75, 3.05) is 25.4 Å². The second-order valence-corrected chi connectivity index (χ2v) is 4.63. The molecule has 0 aromatic carbocycles. The van der Waals surface area contributed by atoms with Crippen LogP contribution < -0.4 is 11.1 Å². The summed E-state index contributed by atoms with van der Waals surface area (Å²) in [5, 5.41) is 17.4. The molecule has 0 unspecified atom stereocenters. The molecule has 6 nitrogen and oxygen atoms in total. The lowest BCUT2D eigenvalue weighted by atomic mass is 10.0. The normalized spacial score (nSPS) is 19.7. The molecule has 2 aromatic rings. The van der Waals surface area contributed by atoms with E-state index in [1.54, 1.807) is 4.68 Å². The predicted molar refractivity (Wildman–Crippen MR) is 69.3 cm³/mol. The number of nitrogens with two attached hydrogens (primary N) is 1. The molecule has 0 radical (unpaired) electrons. The Labute approximate surface area is 105 Å². The third-order valence-electron chi connectivity index (χ3n) is 3.44. The summed E-state index contributed by atoms with van der Waals surface area (Å²) in [5.41, 5.74) is 7.69. The number of pyridine rings is 1.